The van der Waals surface area contributed by atoms with Gasteiger partial charge in [0.05, 0.1) is 39.9 Å². The number of aromatic nitrogens is 5. The number of aromatic amines is 1. The van der Waals surface area contributed by atoms with Gasteiger partial charge in [0.25, 0.3) is 0 Å². The number of pyridine rings is 2. The second-order valence-electron chi connectivity index (χ2n) is 9.48. The van der Waals surface area contributed by atoms with Gasteiger partial charge in [-0.05, 0) is 49.9 Å². The largest absolute Gasteiger partial charge is 0.366 e. The highest BCUT2D eigenvalue weighted by Gasteiger charge is 2.28. The summed E-state index contributed by atoms with van der Waals surface area (Å²) in [5.41, 5.74) is 2.06. The molecule has 1 unspecified atom stereocenters. The average Bonchev–Trinajstić information content (AvgIpc) is 3.62. The highest BCUT2D eigenvalue weighted by Crippen LogP contribution is 2.39. The van der Waals surface area contributed by atoms with E-state index in [1.807, 2.05) is 12.1 Å². The molecule has 0 aromatic carbocycles. The predicted molar refractivity (Wildman–Crippen MR) is 136 cm³/mol. The van der Waals surface area contributed by atoms with Crippen LogP contribution in [-0.4, -0.2) is 56.7 Å². The number of nitrogens with zero attached hydrogens (tertiary/aromatic N) is 4. The summed E-state index contributed by atoms with van der Waals surface area (Å²) < 4.78 is 39.1. The van der Waals surface area contributed by atoms with Gasteiger partial charge in [-0.1, -0.05) is 0 Å². The van der Waals surface area contributed by atoms with E-state index in [2.05, 4.69) is 35.6 Å². The average molecular weight is 522 g/mol. The molecule has 0 amide bonds. The van der Waals surface area contributed by atoms with Crippen LogP contribution in [0.15, 0.2) is 43.0 Å². The van der Waals surface area contributed by atoms with Crippen molar-refractivity contribution in [3.05, 3.63) is 65.8 Å². The predicted octanol–water partition coefficient (Wildman–Crippen LogP) is 3.73. The van der Waals surface area contributed by atoms with Crippen molar-refractivity contribution in [3.63, 3.8) is 0 Å². The van der Waals surface area contributed by atoms with Crippen molar-refractivity contribution in [2.24, 2.45) is 0 Å². The molecule has 1 aliphatic carbocycles. The molecule has 0 spiro atoms. The Bertz CT molecular complexity index is 1600. The van der Waals surface area contributed by atoms with Crippen LogP contribution in [-0.2, 0) is 9.84 Å². The number of nitrogens with one attached hydrogen (secondary N) is 3. The minimum Gasteiger partial charge on any atom is -0.366 e. The monoisotopic (exact) mass is 521 g/mol. The molecule has 2 aliphatic rings. The Morgan fingerprint density at radius 3 is 2.65 bits per heavy atom. The zero-order valence-electron chi connectivity index (χ0n) is 19.7. The number of ketones is 1. The van der Waals surface area contributed by atoms with Crippen LogP contribution < -0.4 is 10.6 Å². The summed E-state index contributed by atoms with van der Waals surface area (Å²) in [7, 11) is -3.15. The fourth-order valence-electron chi connectivity index (χ4n) is 4.65. The third-order valence-corrected chi connectivity index (χ3v) is 8.49. The highest BCUT2D eigenvalue weighted by atomic mass is 32.2. The topological polar surface area (TPSA) is 143 Å². The number of hydrogen-bond donors (Lipinski definition) is 3. The molecule has 1 aliphatic heterocycles. The van der Waals surface area contributed by atoms with Gasteiger partial charge in [-0.25, -0.2) is 23.4 Å². The summed E-state index contributed by atoms with van der Waals surface area (Å²) in [5, 5.41) is 6.54. The van der Waals surface area contributed by atoms with Crippen molar-refractivity contribution in [1.82, 2.24) is 24.9 Å². The molecule has 10 nitrogen and oxygen atoms in total. The van der Waals surface area contributed by atoms with Crippen molar-refractivity contribution in [2.45, 2.75) is 37.6 Å². The Hall–Kier alpha value is -3.93. The van der Waals surface area contributed by atoms with Crippen LogP contribution in [0, 0.1) is 5.95 Å². The number of H-pyrrole nitrogens is 1. The lowest BCUT2D eigenvalue weighted by Gasteiger charge is -2.23. The van der Waals surface area contributed by atoms with Crippen LogP contribution in [0.25, 0.3) is 11.0 Å². The molecule has 3 N–H and O–H groups in total. The van der Waals surface area contributed by atoms with E-state index in [4.69, 9.17) is 0 Å². The van der Waals surface area contributed by atoms with E-state index in [9.17, 15) is 13.2 Å². The second kappa shape index (κ2) is 9.18. The van der Waals surface area contributed by atoms with E-state index < -0.39 is 21.6 Å². The molecule has 6 rings (SSSR count). The third kappa shape index (κ3) is 4.88. The number of anilines is 3. The van der Waals surface area contributed by atoms with E-state index in [1.165, 1.54) is 24.7 Å². The number of carbonyl (C=O) groups is 1. The SMILES string of the molecule is O=C(c1ccc(Nc2ccc(C3CC3)nc2)nc1F)c1c[nH]c2ncnc(NC3CCCS(=O)(=O)C3)c12. The summed E-state index contributed by atoms with van der Waals surface area (Å²) in [6.45, 7) is 0. The van der Waals surface area contributed by atoms with Gasteiger partial charge in [0.2, 0.25) is 5.95 Å². The molecule has 12 heteroatoms. The van der Waals surface area contributed by atoms with Gasteiger partial charge in [-0.2, -0.15) is 4.39 Å². The van der Waals surface area contributed by atoms with E-state index in [0.717, 1.165) is 18.5 Å². The van der Waals surface area contributed by atoms with E-state index in [-0.39, 0.29) is 34.5 Å². The molecule has 37 heavy (non-hydrogen) atoms. The van der Waals surface area contributed by atoms with Gasteiger partial charge >= 0.3 is 0 Å². The quantitative estimate of drug-likeness (QED) is 0.245. The van der Waals surface area contributed by atoms with Gasteiger partial charge in [-0.15, -0.1) is 0 Å². The van der Waals surface area contributed by atoms with Crippen molar-refractivity contribution in [3.8, 4) is 0 Å². The molecule has 0 radical (unpaired) electrons. The fourth-order valence-corrected chi connectivity index (χ4v) is 6.28. The molecule has 4 aromatic rings. The van der Waals surface area contributed by atoms with Crippen LogP contribution in [0.1, 0.15) is 53.2 Å². The zero-order valence-corrected chi connectivity index (χ0v) is 20.6. The van der Waals surface area contributed by atoms with Gasteiger partial charge in [0.1, 0.15) is 23.6 Å². The first-order valence-corrected chi connectivity index (χ1v) is 13.9. The Kier molecular flexibility index (Phi) is 5.82. The lowest BCUT2D eigenvalue weighted by molar-refractivity contribution is 0.103. The summed E-state index contributed by atoms with van der Waals surface area (Å²) in [5.74, 6) is -0.251. The molecule has 1 atom stereocenters. The van der Waals surface area contributed by atoms with E-state index in [0.29, 0.717) is 41.3 Å². The maximum absolute atomic E-state index is 15.0. The van der Waals surface area contributed by atoms with Gasteiger partial charge in [0.15, 0.2) is 15.6 Å². The molecule has 2 fully saturated rings. The fraction of sp³-hybridized carbons (Fsp3) is 0.320. The Morgan fingerprint density at radius 2 is 1.92 bits per heavy atom. The molecule has 1 saturated heterocycles. The molecule has 0 bridgehead atoms. The first-order valence-electron chi connectivity index (χ1n) is 12.1. The van der Waals surface area contributed by atoms with Crippen molar-refractivity contribution >= 4 is 44.0 Å². The third-order valence-electron chi connectivity index (χ3n) is 6.67. The van der Waals surface area contributed by atoms with Crippen molar-refractivity contribution in [2.75, 3.05) is 22.1 Å². The van der Waals surface area contributed by atoms with E-state index >= 15 is 4.39 Å². The first kappa shape index (κ1) is 23.5. The normalized spacial score (nSPS) is 19.0. The van der Waals surface area contributed by atoms with Crippen LogP contribution in [0.5, 0.6) is 0 Å². The zero-order chi connectivity index (χ0) is 25.6. The van der Waals surface area contributed by atoms with Crippen molar-refractivity contribution < 1.29 is 17.6 Å². The lowest BCUT2D eigenvalue weighted by Crippen LogP contribution is -2.35. The molecule has 5 heterocycles. The van der Waals surface area contributed by atoms with Crippen molar-refractivity contribution in [1.29, 1.82) is 0 Å². The highest BCUT2D eigenvalue weighted by molar-refractivity contribution is 7.91. The Balaban J connectivity index is 1.25. The second-order valence-corrected chi connectivity index (χ2v) is 11.7. The van der Waals surface area contributed by atoms with Gasteiger partial charge < -0.3 is 15.6 Å². The molecular weight excluding hydrogens is 497 g/mol. The summed E-state index contributed by atoms with van der Waals surface area (Å²) >= 11 is 0. The smallest absolute Gasteiger partial charge is 0.226 e. The number of sulfone groups is 1. The molecule has 1 saturated carbocycles. The van der Waals surface area contributed by atoms with Gasteiger partial charge in [-0.3, -0.25) is 9.78 Å². The Labute approximate surface area is 212 Å². The summed E-state index contributed by atoms with van der Waals surface area (Å²) in [6, 6.07) is 6.38. The molecule has 4 aromatic heterocycles. The van der Waals surface area contributed by atoms with Crippen LogP contribution >= 0.6 is 0 Å². The Morgan fingerprint density at radius 1 is 1.05 bits per heavy atom. The number of hydrogen-bond acceptors (Lipinski definition) is 9. The molecular formula is C25H24FN7O3S. The number of halogens is 1. The summed E-state index contributed by atoms with van der Waals surface area (Å²) in [6.07, 6.45) is 7.97. The maximum atomic E-state index is 15.0. The van der Waals surface area contributed by atoms with Gasteiger partial charge in [0, 0.05) is 23.9 Å². The minimum atomic E-state index is -3.15. The van der Waals surface area contributed by atoms with Crippen LogP contribution in [0.3, 0.4) is 0 Å². The lowest BCUT2D eigenvalue weighted by atomic mass is 10.0. The van der Waals surface area contributed by atoms with E-state index in [1.54, 1.807) is 6.20 Å². The molecule has 190 valence electrons. The minimum absolute atomic E-state index is 0.0158. The summed E-state index contributed by atoms with van der Waals surface area (Å²) in [4.78, 5) is 33.1. The number of rotatable bonds is 7. The van der Waals surface area contributed by atoms with Crippen LogP contribution in [0.2, 0.25) is 0 Å². The number of fused-ring (bicyclic) bond motifs is 1. The standard InChI is InChI=1S/C25H24FN7O3S/c26-23-17(6-8-20(33-23)31-15-5-7-19(27-10-15)14-3-4-14)22(34)18-11-28-24-21(18)25(30-13-29-24)32-16-2-1-9-37(35,36)12-16/h5-8,10-11,13-14,16H,1-4,9,12H2,(H,31,33)(H2,28,29,30,32). The number of carbonyl (C=O) groups excluding carboxylic acids is 1. The maximum Gasteiger partial charge on any atom is 0.226 e. The first-order chi connectivity index (χ1) is 17.9. The van der Waals surface area contributed by atoms with Crippen LogP contribution in [0.4, 0.5) is 21.7 Å².